The zero-order valence-corrected chi connectivity index (χ0v) is 17.4. The normalized spacial score (nSPS) is 16.3. The van der Waals surface area contributed by atoms with Crippen LogP contribution in [0.5, 0.6) is 0 Å². The van der Waals surface area contributed by atoms with E-state index in [1.807, 2.05) is 32.9 Å². The molecule has 1 atom stereocenters. The van der Waals surface area contributed by atoms with Crippen LogP contribution >= 0.6 is 0 Å². The van der Waals surface area contributed by atoms with E-state index in [9.17, 15) is 19.2 Å². The van der Waals surface area contributed by atoms with Gasteiger partial charge in [0.1, 0.15) is 12.1 Å². The average Bonchev–Trinajstić information content (AvgIpc) is 2.88. The Morgan fingerprint density at radius 2 is 1.72 bits per heavy atom. The van der Waals surface area contributed by atoms with Gasteiger partial charge in [0.15, 0.2) is 6.10 Å². The van der Waals surface area contributed by atoms with Gasteiger partial charge in [-0.1, -0.05) is 44.4 Å². The molecule has 158 valence electrons. The molecule has 1 aliphatic rings. The molecular formula is C21H29N3O5. The fourth-order valence-corrected chi connectivity index (χ4v) is 3.44. The summed E-state index contributed by atoms with van der Waals surface area (Å²) < 4.78 is 5.13. The average molecular weight is 403 g/mol. The molecule has 0 aromatic heterocycles. The zero-order chi connectivity index (χ0) is 21.6. The van der Waals surface area contributed by atoms with Crippen LogP contribution in [0.15, 0.2) is 24.3 Å². The number of nitrogens with one attached hydrogen (secondary N) is 2. The third-order valence-corrected chi connectivity index (χ3v) is 4.88. The lowest BCUT2D eigenvalue weighted by molar-refractivity contribution is -0.155. The number of benzene rings is 1. The van der Waals surface area contributed by atoms with Gasteiger partial charge in [-0.25, -0.2) is 4.79 Å². The summed E-state index contributed by atoms with van der Waals surface area (Å²) in [4.78, 5) is 50.4. The lowest BCUT2D eigenvalue weighted by atomic mass is 9.88. The number of rotatable bonds is 9. The number of imide groups is 1. The Balaban J connectivity index is 1.95. The van der Waals surface area contributed by atoms with Crippen LogP contribution < -0.4 is 10.6 Å². The van der Waals surface area contributed by atoms with Gasteiger partial charge in [-0.3, -0.25) is 19.3 Å². The maximum Gasteiger partial charge on any atom is 0.327 e. The highest BCUT2D eigenvalue weighted by Gasteiger charge is 2.50. The molecule has 8 nitrogen and oxygen atoms in total. The Bertz CT molecular complexity index is 769. The van der Waals surface area contributed by atoms with Crippen LogP contribution in [0.3, 0.4) is 0 Å². The number of esters is 1. The molecule has 1 aliphatic heterocycles. The highest BCUT2D eigenvalue weighted by molar-refractivity contribution is 6.08. The smallest absolute Gasteiger partial charge is 0.327 e. The van der Waals surface area contributed by atoms with Crippen molar-refractivity contribution in [2.24, 2.45) is 0 Å². The first-order valence-electron chi connectivity index (χ1n) is 9.93. The van der Waals surface area contributed by atoms with E-state index < -0.39 is 42.0 Å². The Labute approximate surface area is 171 Å². The fraction of sp³-hybridized carbons (Fsp3) is 0.524. The number of carbonyl (C=O) groups is 4. The van der Waals surface area contributed by atoms with E-state index >= 15 is 0 Å². The Hall–Kier alpha value is -2.90. The quantitative estimate of drug-likeness (QED) is 0.487. The maximum absolute atomic E-state index is 12.8. The van der Waals surface area contributed by atoms with Crippen molar-refractivity contribution in [2.45, 2.75) is 65.0 Å². The maximum atomic E-state index is 12.8. The molecule has 0 saturated carbocycles. The molecule has 1 aromatic carbocycles. The number of ether oxygens (including phenoxy) is 1. The first-order chi connectivity index (χ1) is 13.7. The molecule has 1 saturated heterocycles. The second-order valence-corrected chi connectivity index (χ2v) is 7.39. The molecule has 0 unspecified atom stereocenters. The molecule has 2 rings (SSSR count). The van der Waals surface area contributed by atoms with Crippen molar-refractivity contribution in [3.63, 3.8) is 0 Å². The molecular weight excluding hydrogens is 374 g/mol. The van der Waals surface area contributed by atoms with Gasteiger partial charge in [0.25, 0.3) is 11.8 Å². The van der Waals surface area contributed by atoms with Gasteiger partial charge in [0.05, 0.1) is 0 Å². The third-order valence-electron chi connectivity index (χ3n) is 4.88. The highest BCUT2D eigenvalue weighted by Crippen LogP contribution is 2.28. The molecule has 0 spiro atoms. The van der Waals surface area contributed by atoms with Crippen molar-refractivity contribution >= 4 is 29.5 Å². The van der Waals surface area contributed by atoms with E-state index in [1.165, 1.54) is 6.92 Å². The molecule has 1 heterocycles. The molecule has 2 N–H and O–H groups in total. The van der Waals surface area contributed by atoms with Crippen LogP contribution in [-0.4, -0.2) is 46.9 Å². The summed E-state index contributed by atoms with van der Waals surface area (Å²) in [5.74, 6) is -1.73. The van der Waals surface area contributed by atoms with Crippen molar-refractivity contribution in [3.8, 4) is 0 Å². The van der Waals surface area contributed by atoms with Crippen LogP contribution in [-0.2, 0) is 19.1 Å². The Morgan fingerprint density at radius 1 is 1.14 bits per heavy atom. The van der Waals surface area contributed by atoms with Gasteiger partial charge in [0.2, 0.25) is 0 Å². The number of hydrogen-bond donors (Lipinski definition) is 2. The van der Waals surface area contributed by atoms with E-state index in [2.05, 4.69) is 10.6 Å². The second-order valence-electron chi connectivity index (χ2n) is 7.39. The highest BCUT2D eigenvalue weighted by atomic mass is 16.5. The minimum atomic E-state index is -1.07. The topological polar surface area (TPSA) is 105 Å². The van der Waals surface area contributed by atoms with Crippen LogP contribution in [0.2, 0.25) is 0 Å². The first kappa shape index (κ1) is 22.4. The number of aryl methyl sites for hydroxylation is 1. The number of hydrogen-bond acceptors (Lipinski definition) is 5. The summed E-state index contributed by atoms with van der Waals surface area (Å²) in [6.45, 7) is 6.71. The molecule has 0 radical (unpaired) electrons. The summed E-state index contributed by atoms with van der Waals surface area (Å²) in [5.41, 5.74) is 0.676. The summed E-state index contributed by atoms with van der Waals surface area (Å²) in [6, 6.07) is 6.59. The van der Waals surface area contributed by atoms with Crippen LogP contribution in [0.4, 0.5) is 10.5 Å². The number of carbonyl (C=O) groups excluding carboxylic acids is 4. The predicted molar refractivity (Wildman–Crippen MR) is 108 cm³/mol. The number of amides is 4. The zero-order valence-electron chi connectivity index (χ0n) is 17.4. The van der Waals surface area contributed by atoms with Gasteiger partial charge in [-0.05, 0) is 38.8 Å². The van der Waals surface area contributed by atoms with Crippen LogP contribution in [0, 0.1) is 6.92 Å². The molecule has 4 amide bonds. The summed E-state index contributed by atoms with van der Waals surface area (Å²) in [7, 11) is 0. The van der Waals surface area contributed by atoms with E-state index in [1.54, 1.807) is 12.1 Å². The van der Waals surface area contributed by atoms with Gasteiger partial charge in [-0.15, -0.1) is 0 Å². The first-order valence-corrected chi connectivity index (χ1v) is 9.93. The standard InChI is InChI=1S/C21H29N3O5/c1-5-11-21(12-6-2)19(27)24(20(28)23-21)13-17(25)29-15(4)18(26)22-16-9-7-14(3)8-10-16/h7-10,15H,5-6,11-13H2,1-4H3,(H,22,26)(H,23,28)/t15-/m1/s1. The minimum Gasteiger partial charge on any atom is -0.451 e. The van der Waals surface area contributed by atoms with Crippen molar-refractivity contribution in [2.75, 3.05) is 11.9 Å². The minimum absolute atomic E-state index is 0.417. The van der Waals surface area contributed by atoms with Crippen molar-refractivity contribution in [1.82, 2.24) is 10.2 Å². The lowest BCUT2D eigenvalue weighted by Crippen LogP contribution is -2.47. The van der Waals surface area contributed by atoms with Gasteiger partial charge in [0, 0.05) is 5.69 Å². The van der Waals surface area contributed by atoms with Crippen LogP contribution in [0.1, 0.15) is 52.0 Å². The van der Waals surface area contributed by atoms with Crippen molar-refractivity contribution in [1.29, 1.82) is 0 Å². The second kappa shape index (κ2) is 9.54. The molecule has 0 aliphatic carbocycles. The van der Waals surface area contributed by atoms with Gasteiger partial charge >= 0.3 is 12.0 Å². The van der Waals surface area contributed by atoms with E-state index in [0.717, 1.165) is 23.3 Å². The van der Waals surface area contributed by atoms with Crippen LogP contribution in [0.25, 0.3) is 0 Å². The fourth-order valence-electron chi connectivity index (χ4n) is 3.44. The SMILES string of the molecule is CCCC1(CCC)NC(=O)N(CC(=O)O[C@H](C)C(=O)Nc2ccc(C)cc2)C1=O. The summed E-state index contributed by atoms with van der Waals surface area (Å²) in [6.07, 6.45) is 1.39. The molecule has 1 fully saturated rings. The number of nitrogens with zero attached hydrogens (tertiary/aromatic N) is 1. The Kier molecular flexibility index (Phi) is 7.36. The summed E-state index contributed by atoms with van der Waals surface area (Å²) in [5, 5.41) is 5.39. The van der Waals surface area contributed by atoms with E-state index in [-0.39, 0.29) is 0 Å². The van der Waals surface area contributed by atoms with Crippen molar-refractivity contribution in [3.05, 3.63) is 29.8 Å². The largest absolute Gasteiger partial charge is 0.451 e. The lowest BCUT2D eigenvalue weighted by Gasteiger charge is -2.25. The number of urea groups is 1. The molecule has 29 heavy (non-hydrogen) atoms. The van der Waals surface area contributed by atoms with Gasteiger partial charge < -0.3 is 15.4 Å². The van der Waals surface area contributed by atoms with E-state index in [4.69, 9.17) is 4.74 Å². The molecule has 0 bridgehead atoms. The van der Waals surface area contributed by atoms with Gasteiger partial charge in [-0.2, -0.15) is 0 Å². The Morgan fingerprint density at radius 3 is 2.28 bits per heavy atom. The molecule has 1 aromatic rings. The van der Waals surface area contributed by atoms with E-state index in [0.29, 0.717) is 18.5 Å². The summed E-state index contributed by atoms with van der Waals surface area (Å²) >= 11 is 0. The number of anilines is 1. The third kappa shape index (κ3) is 5.34. The molecule has 8 heteroatoms. The monoisotopic (exact) mass is 403 g/mol. The predicted octanol–water partition coefficient (Wildman–Crippen LogP) is 2.76. The van der Waals surface area contributed by atoms with Crippen molar-refractivity contribution < 1.29 is 23.9 Å².